The van der Waals surface area contributed by atoms with E-state index >= 15 is 0 Å². The number of ether oxygens (including phenoxy) is 1. The van der Waals surface area contributed by atoms with Gasteiger partial charge in [-0.3, -0.25) is 4.68 Å². The van der Waals surface area contributed by atoms with Gasteiger partial charge < -0.3 is 9.84 Å². The Bertz CT molecular complexity index is 606. The minimum Gasteiger partial charge on any atom is -0.476 e. The van der Waals surface area contributed by atoms with E-state index < -0.39 is 5.97 Å². The van der Waals surface area contributed by atoms with Crippen LogP contribution < -0.4 is 4.74 Å². The zero-order chi connectivity index (χ0) is 13.3. The summed E-state index contributed by atoms with van der Waals surface area (Å²) in [6.07, 6.45) is 2.68. The van der Waals surface area contributed by atoms with Gasteiger partial charge in [0.25, 0.3) is 5.88 Å². The van der Waals surface area contributed by atoms with Crippen LogP contribution in [0.15, 0.2) is 12.4 Å². The number of nitrogens with zero attached hydrogens (tertiary/aromatic N) is 4. The largest absolute Gasteiger partial charge is 0.476 e. The summed E-state index contributed by atoms with van der Waals surface area (Å²) in [7, 11) is 1.78. The number of aryl methyl sites for hydroxylation is 2. The molecular weight excluding hydrogens is 236 g/mol. The summed E-state index contributed by atoms with van der Waals surface area (Å²) in [6.45, 7) is 3.60. The van der Waals surface area contributed by atoms with Gasteiger partial charge in [-0.05, 0) is 13.8 Å². The molecule has 2 aromatic rings. The van der Waals surface area contributed by atoms with Crippen molar-refractivity contribution in [3.8, 4) is 11.6 Å². The molecule has 2 heterocycles. The van der Waals surface area contributed by atoms with E-state index in [1.165, 1.54) is 12.4 Å². The highest BCUT2D eigenvalue weighted by atomic mass is 16.5. The second kappa shape index (κ2) is 4.44. The quantitative estimate of drug-likeness (QED) is 0.880. The maximum Gasteiger partial charge on any atom is 0.360 e. The number of rotatable bonds is 3. The predicted octanol–water partition coefficient (Wildman–Crippen LogP) is 1.32. The molecule has 0 aromatic carbocycles. The fourth-order valence-corrected chi connectivity index (χ4v) is 1.55. The topological polar surface area (TPSA) is 90.1 Å². The van der Waals surface area contributed by atoms with Crippen LogP contribution in [0.5, 0.6) is 11.6 Å². The van der Waals surface area contributed by atoms with Crippen molar-refractivity contribution in [2.75, 3.05) is 0 Å². The molecule has 1 N–H and O–H groups in total. The number of aromatic carboxylic acids is 1. The van der Waals surface area contributed by atoms with Crippen molar-refractivity contribution in [2.24, 2.45) is 7.05 Å². The average molecular weight is 248 g/mol. The molecule has 2 rings (SSSR count). The third-order valence-corrected chi connectivity index (χ3v) is 2.51. The molecule has 0 bridgehead atoms. The molecule has 0 aliphatic carbocycles. The first kappa shape index (κ1) is 12.0. The Hall–Kier alpha value is -2.44. The van der Waals surface area contributed by atoms with E-state index in [9.17, 15) is 4.79 Å². The molecule has 0 unspecified atom stereocenters. The smallest absolute Gasteiger partial charge is 0.360 e. The van der Waals surface area contributed by atoms with Gasteiger partial charge in [-0.2, -0.15) is 5.10 Å². The summed E-state index contributed by atoms with van der Waals surface area (Å²) >= 11 is 0. The van der Waals surface area contributed by atoms with E-state index in [4.69, 9.17) is 9.84 Å². The molecule has 2 aromatic heterocycles. The molecule has 0 radical (unpaired) electrons. The van der Waals surface area contributed by atoms with Crippen molar-refractivity contribution < 1.29 is 14.6 Å². The van der Waals surface area contributed by atoms with Crippen molar-refractivity contribution in [3.63, 3.8) is 0 Å². The Morgan fingerprint density at radius 2 is 2.00 bits per heavy atom. The van der Waals surface area contributed by atoms with Gasteiger partial charge in [-0.1, -0.05) is 0 Å². The first-order valence-corrected chi connectivity index (χ1v) is 5.23. The maximum absolute atomic E-state index is 11.0. The van der Waals surface area contributed by atoms with E-state index in [1.807, 2.05) is 6.92 Å². The number of carbonyl (C=O) groups is 1. The molecule has 94 valence electrons. The van der Waals surface area contributed by atoms with Crippen molar-refractivity contribution in [1.29, 1.82) is 0 Å². The van der Waals surface area contributed by atoms with Gasteiger partial charge in [0.05, 0.1) is 5.69 Å². The van der Waals surface area contributed by atoms with Crippen LogP contribution >= 0.6 is 0 Å². The number of hydrogen-bond donors (Lipinski definition) is 1. The van der Waals surface area contributed by atoms with E-state index in [0.717, 1.165) is 5.69 Å². The van der Waals surface area contributed by atoms with Gasteiger partial charge in [0.15, 0.2) is 5.75 Å². The van der Waals surface area contributed by atoms with Crippen molar-refractivity contribution in [2.45, 2.75) is 13.8 Å². The molecule has 18 heavy (non-hydrogen) atoms. The van der Waals surface area contributed by atoms with Crippen LogP contribution in [0.25, 0.3) is 0 Å². The average Bonchev–Trinajstić information content (AvgIpc) is 2.56. The molecule has 0 amide bonds. The fourth-order valence-electron chi connectivity index (χ4n) is 1.55. The molecule has 7 nitrogen and oxygen atoms in total. The summed E-state index contributed by atoms with van der Waals surface area (Å²) in [5, 5.41) is 13.2. The molecule has 0 spiro atoms. The lowest BCUT2D eigenvalue weighted by molar-refractivity contribution is 0.0686. The van der Waals surface area contributed by atoms with E-state index in [2.05, 4.69) is 15.1 Å². The van der Waals surface area contributed by atoms with Crippen LogP contribution in [-0.4, -0.2) is 30.8 Å². The monoisotopic (exact) mass is 248 g/mol. The summed E-state index contributed by atoms with van der Waals surface area (Å²) in [5.74, 6) is -0.720. The van der Waals surface area contributed by atoms with Crippen molar-refractivity contribution in [1.82, 2.24) is 19.7 Å². The first-order chi connectivity index (χ1) is 8.50. The summed E-state index contributed by atoms with van der Waals surface area (Å²) in [4.78, 5) is 18.6. The minimum absolute atomic E-state index is 0.0378. The molecule has 0 atom stereocenters. The van der Waals surface area contributed by atoms with E-state index in [0.29, 0.717) is 11.4 Å². The summed E-state index contributed by atoms with van der Waals surface area (Å²) in [5.41, 5.74) is 1.23. The lowest BCUT2D eigenvalue weighted by Gasteiger charge is -2.06. The second-order valence-electron chi connectivity index (χ2n) is 3.74. The lowest BCUT2D eigenvalue weighted by Crippen LogP contribution is -2.05. The second-order valence-corrected chi connectivity index (χ2v) is 3.74. The third kappa shape index (κ3) is 2.02. The van der Waals surface area contributed by atoms with Crippen LogP contribution in [0.4, 0.5) is 0 Å². The third-order valence-electron chi connectivity index (χ3n) is 2.51. The number of aromatic nitrogens is 4. The Balaban J connectivity index is 2.43. The van der Waals surface area contributed by atoms with Crippen LogP contribution in [0, 0.1) is 13.8 Å². The highest BCUT2D eigenvalue weighted by Gasteiger charge is 2.18. The van der Waals surface area contributed by atoms with Crippen LogP contribution in [-0.2, 0) is 7.05 Å². The molecule has 0 saturated carbocycles. The van der Waals surface area contributed by atoms with Gasteiger partial charge in [0.1, 0.15) is 5.69 Å². The number of hydrogen-bond acceptors (Lipinski definition) is 5. The summed E-state index contributed by atoms with van der Waals surface area (Å²) < 4.78 is 7.17. The van der Waals surface area contributed by atoms with Gasteiger partial charge >= 0.3 is 5.97 Å². The minimum atomic E-state index is -1.18. The molecule has 0 saturated heterocycles. The maximum atomic E-state index is 11.0. The molecule has 0 aliphatic rings. The highest BCUT2D eigenvalue weighted by Crippen LogP contribution is 2.27. The first-order valence-electron chi connectivity index (χ1n) is 5.23. The molecule has 0 aliphatic heterocycles. The van der Waals surface area contributed by atoms with Crippen molar-refractivity contribution >= 4 is 5.97 Å². The number of carboxylic acids is 1. The zero-order valence-corrected chi connectivity index (χ0v) is 10.2. The molecule has 0 fully saturated rings. The fraction of sp³-hybridized carbons (Fsp3) is 0.273. The summed E-state index contributed by atoms with van der Waals surface area (Å²) in [6, 6.07) is 0. The molecule has 7 heteroatoms. The molecular formula is C11H12N4O3. The SMILES string of the molecule is Cc1nn(C)c(C)c1Oc1nccnc1C(=O)O. The standard InChI is InChI=1S/C11H12N4O3/c1-6-9(7(2)15(3)14-6)18-10-8(11(16)17)12-4-5-13-10/h4-5H,1-3H3,(H,16,17). The Morgan fingerprint density at radius 1 is 1.33 bits per heavy atom. The Kier molecular flexibility index (Phi) is 2.97. The highest BCUT2D eigenvalue weighted by molar-refractivity contribution is 5.87. The normalized spacial score (nSPS) is 10.4. The van der Waals surface area contributed by atoms with Gasteiger partial charge in [-0.25, -0.2) is 14.8 Å². The van der Waals surface area contributed by atoms with E-state index in [1.54, 1.807) is 18.7 Å². The van der Waals surface area contributed by atoms with Crippen LogP contribution in [0.2, 0.25) is 0 Å². The zero-order valence-electron chi connectivity index (χ0n) is 10.2. The van der Waals surface area contributed by atoms with Gasteiger partial charge in [-0.15, -0.1) is 0 Å². The van der Waals surface area contributed by atoms with E-state index in [-0.39, 0.29) is 11.6 Å². The van der Waals surface area contributed by atoms with Gasteiger partial charge in [0, 0.05) is 19.4 Å². The van der Waals surface area contributed by atoms with Crippen LogP contribution in [0.1, 0.15) is 21.9 Å². The lowest BCUT2D eigenvalue weighted by atomic mass is 10.3. The van der Waals surface area contributed by atoms with Crippen LogP contribution in [0.3, 0.4) is 0 Å². The van der Waals surface area contributed by atoms with Crippen molar-refractivity contribution in [3.05, 3.63) is 29.5 Å². The Labute approximate surface area is 103 Å². The van der Waals surface area contributed by atoms with Gasteiger partial charge in [0.2, 0.25) is 5.69 Å². The number of carboxylic acid groups (broad SMARTS) is 1. The predicted molar refractivity (Wildman–Crippen MR) is 61.7 cm³/mol. The Morgan fingerprint density at radius 3 is 2.56 bits per heavy atom.